The summed E-state index contributed by atoms with van der Waals surface area (Å²) in [4.78, 5) is 11.8. The summed E-state index contributed by atoms with van der Waals surface area (Å²) in [5.74, 6) is 0.0790. The molecule has 0 spiro atoms. The number of carbonyl (C=O) groups is 1. The van der Waals surface area contributed by atoms with Crippen molar-refractivity contribution in [2.45, 2.75) is 38.6 Å². The molecule has 4 heteroatoms. The molecular formula is C14H19BrN2O. The Hall–Kier alpha value is -1.03. The van der Waals surface area contributed by atoms with Gasteiger partial charge in [0.25, 0.3) is 0 Å². The summed E-state index contributed by atoms with van der Waals surface area (Å²) in [6.45, 7) is 2.37. The van der Waals surface area contributed by atoms with E-state index in [1.165, 1.54) is 18.4 Å². The molecule has 1 amide bonds. The molecule has 1 aromatic carbocycles. The summed E-state index contributed by atoms with van der Waals surface area (Å²) in [7, 11) is 0. The van der Waals surface area contributed by atoms with Crippen LogP contribution in [0.25, 0.3) is 0 Å². The molecule has 0 unspecified atom stereocenters. The molecule has 0 radical (unpaired) electrons. The van der Waals surface area contributed by atoms with Crippen LogP contribution in [0.3, 0.4) is 0 Å². The summed E-state index contributed by atoms with van der Waals surface area (Å²) >= 11 is 3.47. The Morgan fingerprint density at radius 1 is 1.39 bits per heavy atom. The fourth-order valence-electron chi connectivity index (χ4n) is 2.30. The zero-order valence-electron chi connectivity index (χ0n) is 10.6. The average Bonchev–Trinajstić information content (AvgIpc) is 2.83. The van der Waals surface area contributed by atoms with Gasteiger partial charge in [0.15, 0.2) is 0 Å². The van der Waals surface area contributed by atoms with Gasteiger partial charge in [-0.1, -0.05) is 18.9 Å². The summed E-state index contributed by atoms with van der Waals surface area (Å²) in [6.07, 6.45) is 4.73. The smallest absolute Gasteiger partial charge is 0.239 e. The molecule has 0 atom stereocenters. The van der Waals surface area contributed by atoms with Gasteiger partial charge in [-0.15, -0.1) is 0 Å². The van der Waals surface area contributed by atoms with E-state index in [2.05, 4.69) is 26.6 Å². The van der Waals surface area contributed by atoms with Crippen molar-refractivity contribution in [2.75, 3.05) is 11.9 Å². The lowest BCUT2D eigenvalue weighted by atomic mass is 10.2. The van der Waals surface area contributed by atoms with E-state index in [-0.39, 0.29) is 5.91 Å². The van der Waals surface area contributed by atoms with Crippen molar-refractivity contribution in [1.29, 1.82) is 0 Å². The molecule has 1 saturated carbocycles. The van der Waals surface area contributed by atoms with Crippen LogP contribution < -0.4 is 10.6 Å². The lowest BCUT2D eigenvalue weighted by Gasteiger charge is -2.13. The van der Waals surface area contributed by atoms with Gasteiger partial charge < -0.3 is 10.6 Å². The quantitative estimate of drug-likeness (QED) is 0.896. The summed E-state index contributed by atoms with van der Waals surface area (Å²) in [5.41, 5.74) is 2.15. The van der Waals surface area contributed by atoms with Gasteiger partial charge in [-0.05, 0) is 53.4 Å². The Morgan fingerprint density at radius 3 is 2.83 bits per heavy atom. The fourth-order valence-corrected chi connectivity index (χ4v) is 2.69. The molecule has 0 heterocycles. The van der Waals surface area contributed by atoms with Gasteiger partial charge in [-0.25, -0.2) is 0 Å². The van der Waals surface area contributed by atoms with Crippen molar-refractivity contribution < 1.29 is 4.79 Å². The zero-order chi connectivity index (χ0) is 13.0. The Morgan fingerprint density at radius 2 is 2.11 bits per heavy atom. The number of aryl methyl sites for hydroxylation is 1. The molecule has 18 heavy (non-hydrogen) atoms. The highest BCUT2D eigenvalue weighted by molar-refractivity contribution is 9.10. The van der Waals surface area contributed by atoms with Crippen LogP contribution in [0.1, 0.15) is 31.2 Å². The maximum Gasteiger partial charge on any atom is 0.239 e. The van der Waals surface area contributed by atoms with Crippen LogP contribution in [-0.4, -0.2) is 18.5 Å². The highest BCUT2D eigenvalue weighted by Gasteiger charge is 2.16. The largest absolute Gasteiger partial charge is 0.375 e. The van der Waals surface area contributed by atoms with Gasteiger partial charge in [-0.3, -0.25) is 4.79 Å². The lowest BCUT2D eigenvalue weighted by Crippen LogP contribution is -2.36. The minimum absolute atomic E-state index is 0.0790. The Labute approximate surface area is 116 Å². The molecule has 0 aliphatic heterocycles. The fraction of sp³-hybridized carbons (Fsp3) is 0.500. The van der Waals surface area contributed by atoms with Crippen molar-refractivity contribution in [2.24, 2.45) is 0 Å². The topological polar surface area (TPSA) is 41.1 Å². The van der Waals surface area contributed by atoms with Crippen LogP contribution in [0.15, 0.2) is 22.7 Å². The molecular weight excluding hydrogens is 292 g/mol. The molecule has 0 saturated heterocycles. The third-order valence-corrected chi connectivity index (χ3v) is 3.97. The number of hydrogen-bond donors (Lipinski definition) is 2. The van der Waals surface area contributed by atoms with Gasteiger partial charge >= 0.3 is 0 Å². The normalized spacial score (nSPS) is 15.7. The second-order valence-electron chi connectivity index (χ2n) is 4.89. The Bertz CT molecular complexity index is 428. The van der Waals surface area contributed by atoms with Gasteiger partial charge in [0.1, 0.15) is 0 Å². The third-order valence-electron chi connectivity index (χ3n) is 3.28. The van der Waals surface area contributed by atoms with Gasteiger partial charge in [0.2, 0.25) is 5.91 Å². The van der Waals surface area contributed by atoms with Crippen LogP contribution in [0.5, 0.6) is 0 Å². The van der Waals surface area contributed by atoms with Crippen LogP contribution in [0.2, 0.25) is 0 Å². The van der Waals surface area contributed by atoms with Crippen molar-refractivity contribution >= 4 is 27.5 Å². The lowest BCUT2D eigenvalue weighted by molar-refractivity contribution is -0.120. The van der Waals surface area contributed by atoms with E-state index in [1.807, 2.05) is 25.1 Å². The second kappa shape index (κ2) is 6.23. The first-order valence-electron chi connectivity index (χ1n) is 6.44. The van der Waals surface area contributed by atoms with Crippen LogP contribution in [0.4, 0.5) is 5.69 Å². The maximum atomic E-state index is 11.8. The van der Waals surface area contributed by atoms with Crippen LogP contribution in [0, 0.1) is 6.92 Å². The van der Waals surface area contributed by atoms with Crippen LogP contribution >= 0.6 is 15.9 Å². The molecule has 1 aliphatic rings. The molecule has 0 aromatic heterocycles. The van der Waals surface area contributed by atoms with E-state index >= 15 is 0 Å². The predicted octanol–water partition coefficient (Wildman–Crippen LogP) is 3.23. The highest BCUT2D eigenvalue weighted by Crippen LogP contribution is 2.23. The second-order valence-corrected chi connectivity index (χ2v) is 5.74. The number of rotatable bonds is 4. The van der Waals surface area contributed by atoms with E-state index in [0.717, 1.165) is 23.0 Å². The maximum absolute atomic E-state index is 11.8. The van der Waals surface area contributed by atoms with Crippen molar-refractivity contribution in [3.05, 3.63) is 28.2 Å². The predicted molar refractivity (Wildman–Crippen MR) is 77.8 cm³/mol. The number of anilines is 1. The van der Waals surface area contributed by atoms with Gasteiger partial charge in [0.05, 0.1) is 6.54 Å². The van der Waals surface area contributed by atoms with E-state index < -0.39 is 0 Å². The number of hydrogen-bond acceptors (Lipinski definition) is 2. The minimum atomic E-state index is 0.0790. The van der Waals surface area contributed by atoms with E-state index in [0.29, 0.717) is 12.6 Å². The van der Waals surface area contributed by atoms with Crippen molar-refractivity contribution in [3.8, 4) is 0 Å². The standard InChI is InChI=1S/C14H19BrN2O/c1-10-6-7-12(15)13(8-10)16-9-14(18)17-11-4-2-3-5-11/h6-8,11,16H,2-5,9H2,1H3,(H,17,18). The first-order valence-corrected chi connectivity index (χ1v) is 7.24. The molecule has 1 fully saturated rings. The number of benzene rings is 1. The summed E-state index contributed by atoms with van der Waals surface area (Å²) in [6, 6.07) is 6.45. The molecule has 2 N–H and O–H groups in total. The number of nitrogens with one attached hydrogen (secondary N) is 2. The number of halogens is 1. The molecule has 1 aliphatic carbocycles. The monoisotopic (exact) mass is 310 g/mol. The molecule has 2 rings (SSSR count). The Kier molecular flexibility index (Phi) is 4.64. The minimum Gasteiger partial charge on any atom is -0.375 e. The van der Waals surface area contributed by atoms with Gasteiger partial charge in [0, 0.05) is 16.2 Å². The zero-order valence-corrected chi connectivity index (χ0v) is 12.2. The first-order chi connectivity index (χ1) is 8.65. The third kappa shape index (κ3) is 3.73. The molecule has 1 aromatic rings. The Balaban J connectivity index is 1.83. The average molecular weight is 311 g/mol. The number of carbonyl (C=O) groups excluding carboxylic acids is 1. The molecule has 98 valence electrons. The van der Waals surface area contributed by atoms with Gasteiger partial charge in [-0.2, -0.15) is 0 Å². The summed E-state index contributed by atoms with van der Waals surface area (Å²) < 4.78 is 0.988. The van der Waals surface area contributed by atoms with E-state index in [4.69, 9.17) is 0 Å². The highest BCUT2D eigenvalue weighted by atomic mass is 79.9. The summed E-state index contributed by atoms with van der Waals surface area (Å²) in [5, 5.41) is 6.24. The van der Waals surface area contributed by atoms with Crippen molar-refractivity contribution in [3.63, 3.8) is 0 Å². The molecule has 3 nitrogen and oxygen atoms in total. The SMILES string of the molecule is Cc1ccc(Br)c(NCC(=O)NC2CCCC2)c1. The van der Waals surface area contributed by atoms with E-state index in [1.54, 1.807) is 0 Å². The number of amides is 1. The van der Waals surface area contributed by atoms with Crippen molar-refractivity contribution in [1.82, 2.24) is 5.32 Å². The van der Waals surface area contributed by atoms with Crippen LogP contribution in [-0.2, 0) is 4.79 Å². The van der Waals surface area contributed by atoms with E-state index in [9.17, 15) is 4.79 Å². The molecule has 0 bridgehead atoms. The first kappa shape index (κ1) is 13.4.